The van der Waals surface area contributed by atoms with Crippen molar-refractivity contribution >= 4 is 5.69 Å². The molecule has 0 bridgehead atoms. The summed E-state index contributed by atoms with van der Waals surface area (Å²) >= 11 is 0. The second kappa shape index (κ2) is 4.83. The third-order valence-electron chi connectivity index (χ3n) is 2.98. The molecule has 1 aliphatic carbocycles. The predicted molar refractivity (Wildman–Crippen MR) is 65.5 cm³/mol. The number of anilines is 1. The van der Waals surface area contributed by atoms with Gasteiger partial charge in [0.15, 0.2) is 0 Å². The fourth-order valence-electron chi connectivity index (χ4n) is 1.96. The number of rotatable bonds is 5. The van der Waals surface area contributed by atoms with E-state index in [1.807, 2.05) is 12.3 Å². The minimum Gasteiger partial charge on any atom is -0.387 e. The van der Waals surface area contributed by atoms with Crippen LogP contribution in [0, 0.1) is 0 Å². The number of aliphatic hydroxyl groups is 1. The molecule has 1 aromatic heterocycles. The summed E-state index contributed by atoms with van der Waals surface area (Å²) in [4.78, 5) is 6.73. The zero-order valence-corrected chi connectivity index (χ0v) is 10.1. The van der Waals surface area contributed by atoms with Crippen LogP contribution < -0.4 is 4.90 Å². The summed E-state index contributed by atoms with van der Waals surface area (Å²) in [5, 5.41) is 9.40. The van der Waals surface area contributed by atoms with Crippen LogP contribution in [0.1, 0.15) is 44.9 Å². The van der Waals surface area contributed by atoms with Gasteiger partial charge in [0.2, 0.25) is 0 Å². The first kappa shape index (κ1) is 11.4. The van der Waals surface area contributed by atoms with Crippen molar-refractivity contribution in [2.45, 2.75) is 45.3 Å². The molecule has 0 aromatic carbocycles. The van der Waals surface area contributed by atoms with E-state index in [1.54, 1.807) is 6.92 Å². The average molecular weight is 220 g/mol. The lowest BCUT2D eigenvalue weighted by Crippen LogP contribution is -2.26. The summed E-state index contributed by atoms with van der Waals surface area (Å²) < 4.78 is 0. The van der Waals surface area contributed by atoms with Crippen LogP contribution in [0.3, 0.4) is 0 Å². The molecule has 88 valence electrons. The summed E-state index contributed by atoms with van der Waals surface area (Å²) in [6.45, 7) is 5.04. The third kappa shape index (κ3) is 2.53. The van der Waals surface area contributed by atoms with Crippen molar-refractivity contribution in [1.29, 1.82) is 0 Å². The van der Waals surface area contributed by atoms with Crippen LogP contribution in [0.25, 0.3) is 0 Å². The molecule has 1 N–H and O–H groups in total. The van der Waals surface area contributed by atoms with E-state index >= 15 is 0 Å². The van der Waals surface area contributed by atoms with Gasteiger partial charge < -0.3 is 10.0 Å². The molecule has 16 heavy (non-hydrogen) atoms. The number of aromatic nitrogens is 1. The van der Waals surface area contributed by atoms with E-state index in [0.717, 1.165) is 24.7 Å². The number of hydrogen-bond donors (Lipinski definition) is 1. The highest BCUT2D eigenvalue weighted by Crippen LogP contribution is 2.31. The van der Waals surface area contributed by atoms with Crippen molar-refractivity contribution in [3.63, 3.8) is 0 Å². The summed E-state index contributed by atoms with van der Waals surface area (Å²) in [6.07, 6.45) is 5.18. The van der Waals surface area contributed by atoms with Crippen molar-refractivity contribution in [3.8, 4) is 0 Å². The zero-order valence-electron chi connectivity index (χ0n) is 10.1. The molecule has 0 spiro atoms. The fraction of sp³-hybridized carbons (Fsp3) is 0.615. The van der Waals surface area contributed by atoms with Crippen LogP contribution in [0.2, 0.25) is 0 Å². The molecule has 1 aromatic rings. The fourth-order valence-corrected chi connectivity index (χ4v) is 1.96. The molecule has 0 radical (unpaired) electrons. The topological polar surface area (TPSA) is 36.4 Å². The van der Waals surface area contributed by atoms with Gasteiger partial charge in [-0.15, -0.1) is 0 Å². The molecule has 1 saturated carbocycles. The monoisotopic (exact) mass is 220 g/mol. The maximum atomic E-state index is 9.40. The van der Waals surface area contributed by atoms with E-state index in [1.165, 1.54) is 18.5 Å². The number of aliphatic hydroxyl groups excluding tert-OH is 1. The summed E-state index contributed by atoms with van der Waals surface area (Å²) in [7, 11) is 0. The smallest absolute Gasteiger partial charge is 0.0931 e. The lowest BCUT2D eigenvalue weighted by Gasteiger charge is -2.23. The Bertz CT molecular complexity index is 330. The quantitative estimate of drug-likeness (QED) is 0.828. The Hall–Kier alpha value is -1.09. The number of pyridine rings is 1. The van der Waals surface area contributed by atoms with Crippen molar-refractivity contribution in [2.24, 2.45) is 0 Å². The van der Waals surface area contributed by atoms with Crippen LogP contribution in [-0.2, 0) is 0 Å². The largest absolute Gasteiger partial charge is 0.387 e. The average Bonchev–Trinajstić information content (AvgIpc) is 3.10. The van der Waals surface area contributed by atoms with Crippen LogP contribution >= 0.6 is 0 Å². The SMILES string of the molecule is CCCN(c1ccc(C(C)O)nc1)C1CC1. The van der Waals surface area contributed by atoms with Crippen molar-refractivity contribution in [3.05, 3.63) is 24.0 Å². The number of hydrogen-bond acceptors (Lipinski definition) is 3. The normalized spacial score (nSPS) is 17.2. The lowest BCUT2D eigenvalue weighted by atomic mass is 10.2. The predicted octanol–water partition coefficient (Wildman–Crippen LogP) is 2.51. The van der Waals surface area contributed by atoms with Crippen LogP contribution in [-0.4, -0.2) is 22.7 Å². The Morgan fingerprint density at radius 2 is 2.25 bits per heavy atom. The van der Waals surface area contributed by atoms with Gasteiger partial charge in [0.25, 0.3) is 0 Å². The second-order valence-electron chi connectivity index (χ2n) is 4.54. The Labute approximate surface area is 97.1 Å². The van der Waals surface area contributed by atoms with Gasteiger partial charge in [-0.3, -0.25) is 4.98 Å². The molecule has 1 atom stereocenters. The standard InChI is InChI=1S/C13H20N2O/c1-3-8-15(11-4-5-11)12-6-7-13(10(2)16)14-9-12/h6-7,9-11,16H,3-5,8H2,1-2H3. The van der Waals surface area contributed by atoms with Gasteiger partial charge in [-0.2, -0.15) is 0 Å². The molecule has 1 aliphatic rings. The molecule has 0 amide bonds. The molecule has 0 saturated heterocycles. The third-order valence-corrected chi connectivity index (χ3v) is 2.98. The Balaban J connectivity index is 2.11. The van der Waals surface area contributed by atoms with E-state index in [9.17, 15) is 5.11 Å². The summed E-state index contributed by atoms with van der Waals surface area (Å²) in [5.74, 6) is 0. The van der Waals surface area contributed by atoms with Gasteiger partial charge in [-0.25, -0.2) is 0 Å². The van der Waals surface area contributed by atoms with E-state index in [-0.39, 0.29) is 0 Å². The van der Waals surface area contributed by atoms with Crippen molar-refractivity contribution in [1.82, 2.24) is 4.98 Å². The minimum absolute atomic E-state index is 0.477. The first-order chi connectivity index (χ1) is 7.72. The van der Waals surface area contributed by atoms with Crippen LogP contribution in [0.5, 0.6) is 0 Å². The van der Waals surface area contributed by atoms with Gasteiger partial charge in [-0.1, -0.05) is 6.92 Å². The van der Waals surface area contributed by atoms with E-state index in [2.05, 4.69) is 22.9 Å². The van der Waals surface area contributed by atoms with Gasteiger partial charge in [0, 0.05) is 12.6 Å². The van der Waals surface area contributed by atoms with E-state index in [4.69, 9.17) is 0 Å². The molecular formula is C13H20N2O. The first-order valence-electron chi connectivity index (χ1n) is 6.13. The van der Waals surface area contributed by atoms with Crippen molar-refractivity contribution in [2.75, 3.05) is 11.4 Å². The zero-order chi connectivity index (χ0) is 11.5. The second-order valence-corrected chi connectivity index (χ2v) is 4.54. The van der Waals surface area contributed by atoms with E-state index in [0.29, 0.717) is 0 Å². The minimum atomic E-state index is -0.477. The van der Waals surface area contributed by atoms with Gasteiger partial charge in [0.1, 0.15) is 0 Å². The maximum absolute atomic E-state index is 9.40. The summed E-state index contributed by atoms with van der Waals surface area (Å²) in [6, 6.07) is 4.72. The molecule has 1 unspecified atom stereocenters. The highest BCUT2D eigenvalue weighted by Gasteiger charge is 2.28. The van der Waals surface area contributed by atoms with Crippen LogP contribution in [0.4, 0.5) is 5.69 Å². The summed E-state index contributed by atoms with van der Waals surface area (Å²) in [5.41, 5.74) is 1.93. The molecule has 0 aliphatic heterocycles. The molecule has 2 rings (SSSR count). The molecule has 3 heteroatoms. The molecule has 1 fully saturated rings. The lowest BCUT2D eigenvalue weighted by molar-refractivity contribution is 0.194. The highest BCUT2D eigenvalue weighted by molar-refractivity contribution is 5.47. The van der Waals surface area contributed by atoms with E-state index < -0.39 is 6.10 Å². The van der Waals surface area contributed by atoms with Gasteiger partial charge in [-0.05, 0) is 38.3 Å². The Kier molecular flexibility index (Phi) is 3.44. The first-order valence-corrected chi connectivity index (χ1v) is 6.13. The Morgan fingerprint density at radius 3 is 2.69 bits per heavy atom. The van der Waals surface area contributed by atoms with Gasteiger partial charge >= 0.3 is 0 Å². The molecule has 3 nitrogen and oxygen atoms in total. The highest BCUT2D eigenvalue weighted by atomic mass is 16.3. The molecule has 1 heterocycles. The Morgan fingerprint density at radius 1 is 1.50 bits per heavy atom. The molecular weight excluding hydrogens is 200 g/mol. The van der Waals surface area contributed by atoms with Gasteiger partial charge in [0.05, 0.1) is 23.7 Å². The maximum Gasteiger partial charge on any atom is 0.0931 e. The van der Waals surface area contributed by atoms with Crippen LogP contribution in [0.15, 0.2) is 18.3 Å². The van der Waals surface area contributed by atoms with Crippen molar-refractivity contribution < 1.29 is 5.11 Å². The number of nitrogens with zero attached hydrogens (tertiary/aromatic N) is 2.